The molecule has 0 radical (unpaired) electrons. The van der Waals surface area contributed by atoms with E-state index in [9.17, 15) is 4.79 Å². The van der Waals surface area contributed by atoms with Crippen molar-refractivity contribution in [1.82, 2.24) is 14.5 Å². The number of imidazole rings is 1. The lowest BCUT2D eigenvalue weighted by Crippen LogP contribution is -2.38. The summed E-state index contributed by atoms with van der Waals surface area (Å²) >= 11 is 0. The first-order valence-electron chi connectivity index (χ1n) is 6.13. The highest BCUT2D eigenvalue weighted by molar-refractivity contribution is 5.80. The Balaban J connectivity index is 2.38. The average molecular weight is 236 g/mol. The molecule has 1 aromatic rings. The summed E-state index contributed by atoms with van der Waals surface area (Å²) in [6, 6.07) is -0.00175. The molecular weight excluding hydrogens is 216 g/mol. The minimum atomic E-state index is -0.133. The quantitative estimate of drug-likeness (QED) is 0.848. The van der Waals surface area contributed by atoms with Crippen LogP contribution in [0.25, 0.3) is 0 Å². The summed E-state index contributed by atoms with van der Waals surface area (Å²) < 4.78 is 2.05. The van der Waals surface area contributed by atoms with Gasteiger partial charge >= 0.3 is 0 Å². The van der Waals surface area contributed by atoms with Crippen molar-refractivity contribution < 1.29 is 4.79 Å². The minimum Gasteiger partial charge on any atom is -0.333 e. The van der Waals surface area contributed by atoms with Crippen LogP contribution in [-0.4, -0.2) is 32.4 Å². The van der Waals surface area contributed by atoms with Crippen LogP contribution in [0.4, 0.5) is 0 Å². The summed E-state index contributed by atoms with van der Waals surface area (Å²) in [6.45, 7) is 6.96. The zero-order valence-electron chi connectivity index (χ0n) is 10.6. The van der Waals surface area contributed by atoms with Crippen LogP contribution in [-0.2, 0) is 11.3 Å². The van der Waals surface area contributed by atoms with Crippen LogP contribution in [0.15, 0.2) is 12.5 Å². The summed E-state index contributed by atoms with van der Waals surface area (Å²) in [4.78, 5) is 18.0. The first-order chi connectivity index (χ1) is 8.06. The van der Waals surface area contributed by atoms with E-state index in [-0.39, 0.29) is 24.0 Å². The second-order valence-electron chi connectivity index (χ2n) is 4.81. The third kappa shape index (κ3) is 1.95. The summed E-state index contributed by atoms with van der Waals surface area (Å²) in [5.41, 5.74) is 7.15. The monoisotopic (exact) mass is 236 g/mol. The van der Waals surface area contributed by atoms with Gasteiger partial charge in [-0.1, -0.05) is 0 Å². The molecule has 1 aliphatic heterocycles. The SMILES string of the molecule is CCn1cncc1[C@@H]1[C@@H](N)CC(=O)N1C(C)C. The maximum atomic E-state index is 11.9. The van der Waals surface area contributed by atoms with Crippen LogP contribution in [0.1, 0.15) is 38.9 Å². The van der Waals surface area contributed by atoms with Crippen molar-refractivity contribution in [3.05, 3.63) is 18.2 Å². The molecule has 1 fully saturated rings. The van der Waals surface area contributed by atoms with Gasteiger partial charge in [0.1, 0.15) is 0 Å². The molecule has 2 rings (SSSR count). The number of rotatable bonds is 3. The van der Waals surface area contributed by atoms with Crippen LogP contribution in [0, 0.1) is 0 Å². The van der Waals surface area contributed by atoms with Gasteiger partial charge in [-0.2, -0.15) is 0 Å². The molecule has 5 heteroatoms. The summed E-state index contributed by atoms with van der Waals surface area (Å²) in [7, 11) is 0. The molecular formula is C12H20N4O. The molecule has 94 valence electrons. The lowest BCUT2D eigenvalue weighted by atomic mass is 10.1. The number of aromatic nitrogens is 2. The van der Waals surface area contributed by atoms with Gasteiger partial charge in [-0.3, -0.25) is 4.79 Å². The maximum absolute atomic E-state index is 11.9. The molecule has 0 unspecified atom stereocenters. The molecule has 0 saturated carbocycles. The predicted octanol–water partition coefficient (Wildman–Crippen LogP) is 0.912. The zero-order chi connectivity index (χ0) is 12.6. The number of nitrogens with zero attached hydrogens (tertiary/aromatic N) is 3. The number of carbonyl (C=O) groups excluding carboxylic acids is 1. The molecule has 0 spiro atoms. The van der Waals surface area contributed by atoms with E-state index in [0.29, 0.717) is 6.42 Å². The molecule has 0 bridgehead atoms. The molecule has 5 nitrogen and oxygen atoms in total. The Hall–Kier alpha value is -1.36. The number of nitrogens with two attached hydrogens (primary N) is 1. The van der Waals surface area contributed by atoms with Crippen LogP contribution >= 0.6 is 0 Å². The van der Waals surface area contributed by atoms with E-state index >= 15 is 0 Å². The van der Waals surface area contributed by atoms with Crippen LogP contribution in [0.3, 0.4) is 0 Å². The van der Waals surface area contributed by atoms with E-state index in [1.54, 1.807) is 6.33 Å². The van der Waals surface area contributed by atoms with Gasteiger partial charge in [-0.15, -0.1) is 0 Å². The maximum Gasteiger partial charge on any atom is 0.225 e. The summed E-state index contributed by atoms with van der Waals surface area (Å²) in [6.07, 6.45) is 4.04. The van der Waals surface area contributed by atoms with Crippen molar-refractivity contribution in [2.75, 3.05) is 0 Å². The molecule has 1 saturated heterocycles. The average Bonchev–Trinajstić information content (AvgIpc) is 2.81. The molecule has 1 amide bonds. The van der Waals surface area contributed by atoms with Crippen LogP contribution in [0.2, 0.25) is 0 Å². The Morgan fingerprint density at radius 1 is 1.59 bits per heavy atom. The van der Waals surface area contributed by atoms with E-state index in [0.717, 1.165) is 12.2 Å². The van der Waals surface area contributed by atoms with Crippen molar-refractivity contribution in [2.45, 2.75) is 51.9 Å². The largest absolute Gasteiger partial charge is 0.333 e. The van der Waals surface area contributed by atoms with Gasteiger partial charge in [0, 0.05) is 25.0 Å². The van der Waals surface area contributed by atoms with E-state index in [2.05, 4.69) is 16.5 Å². The van der Waals surface area contributed by atoms with Crippen LogP contribution in [0.5, 0.6) is 0 Å². The molecule has 2 heterocycles. The normalized spacial score (nSPS) is 25.0. The van der Waals surface area contributed by atoms with Gasteiger partial charge in [0.2, 0.25) is 5.91 Å². The number of carbonyl (C=O) groups is 1. The van der Waals surface area contributed by atoms with Crippen LogP contribution < -0.4 is 5.73 Å². The lowest BCUT2D eigenvalue weighted by molar-refractivity contribution is -0.130. The number of hydrogen-bond donors (Lipinski definition) is 1. The fourth-order valence-electron chi connectivity index (χ4n) is 2.59. The summed E-state index contributed by atoms with van der Waals surface area (Å²) in [5, 5.41) is 0. The Bertz CT molecular complexity index is 412. The smallest absolute Gasteiger partial charge is 0.225 e. The standard InChI is InChI=1S/C12H20N4O/c1-4-15-7-14-6-10(15)12-9(13)5-11(17)16(12)8(2)3/h6-9,12H,4-5,13H2,1-3H3/t9-,12-/m0/s1. The Morgan fingerprint density at radius 2 is 2.29 bits per heavy atom. The van der Waals surface area contributed by atoms with E-state index in [1.165, 1.54) is 0 Å². The highest BCUT2D eigenvalue weighted by atomic mass is 16.2. The Kier molecular flexibility index (Phi) is 3.19. The second kappa shape index (κ2) is 4.49. The first kappa shape index (κ1) is 12.1. The fourth-order valence-corrected chi connectivity index (χ4v) is 2.59. The summed E-state index contributed by atoms with van der Waals surface area (Å²) in [5.74, 6) is 0.140. The number of likely N-dealkylation sites (tertiary alicyclic amines) is 1. The predicted molar refractivity (Wildman–Crippen MR) is 65.2 cm³/mol. The molecule has 17 heavy (non-hydrogen) atoms. The number of hydrogen-bond acceptors (Lipinski definition) is 3. The third-order valence-electron chi connectivity index (χ3n) is 3.35. The molecule has 2 N–H and O–H groups in total. The van der Waals surface area contributed by atoms with Crippen molar-refractivity contribution in [3.63, 3.8) is 0 Å². The highest BCUT2D eigenvalue weighted by Crippen LogP contribution is 2.33. The topological polar surface area (TPSA) is 64.2 Å². The van der Waals surface area contributed by atoms with Crippen molar-refractivity contribution in [1.29, 1.82) is 0 Å². The Labute approximate surface area is 102 Å². The number of amides is 1. The zero-order valence-corrected chi connectivity index (χ0v) is 10.6. The third-order valence-corrected chi connectivity index (χ3v) is 3.35. The van der Waals surface area contributed by atoms with Gasteiger partial charge in [-0.05, 0) is 20.8 Å². The highest BCUT2D eigenvalue weighted by Gasteiger charge is 2.41. The number of aryl methyl sites for hydroxylation is 1. The van der Waals surface area contributed by atoms with Crippen molar-refractivity contribution in [3.8, 4) is 0 Å². The van der Waals surface area contributed by atoms with E-state index in [1.807, 2.05) is 24.9 Å². The molecule has 0 aliphatic carbocycles. The van der Waals surface area contributed by atoms with E-state index < -0.39 is 0 Å². The van der Waals surface area contributed by atoms with Gasteiger partial charge in [-0.25, -0.2) is 4.98 Å². The van der Waals surface area contributed by atoms with Gasteiger partial charge in [0.05, 0.1) is 24.3 Å². The van der Waals surface area contributed by atoms with E-state index in [4.69, 9.17) is 5.73 Å². The van der Waals surface area contributed by atoms with Crippen molar-refractivity contribution in [2.24, 2.45) is 5.73 Å². The lowest BCUT2D eigenvalue weighted by Gasteiger charge is -2.30. The Morgan fingerprint density at radius 3 is 2.88 bits per heavy atom. The second-order valence-corrected chi connectivity index (χ2v) is 4.81. The minimum absolute atomic E-state index is 0.0371. The van der Waals surface area contributed by atoms with Gasteiger partial charge in [0.25, 0.3) is 0 Å². The fraction of sp³-hybridized carbons (Fsp3) is 0.667. The van der Waals surface area contributed by atoms with Gasteiger partial charge < -0.3 is 15.2 Å². The molecule has 1 aliphatic rings. The van der Waals surface area contributed by atoms with Gasteiger partial charge in [0.15, 0.2) is 0 Å². The first-order valence-corrected chi connectivity index (χ1v) is 6.13. The van der Waals surface area contributed by atoms with Crippen molar-refractivity contribution >= 4 is 5.91 Å². The molecule has 1 aromatic heterocycles. The molecule has 2 atom stereocenters. The molecule has 0 aromatic carbocycles.